The Kier molecular flexibility index (Phi) is 3.29. The molecule has 2 heterocycles. The standard InChI is InChI=1S/C14H17ClN2O/c1-16-9-11(10-17-4-6-18-7-5-17)13-3-2-12(15)8-14(13)16/h2-3,8-9H,4-7,10H2,1H3. The van der Waals surface area contributed by atoms with Crippen LogP contribution in [0, 0.1) is 0 Å². The van der Waals surface area contributed by atoms with Crippen LogP contribution in [0.3, 0.4) is 0 Å². The van der Waals surface area contributed by atoms with Gasteiger partial charge in [0.25, 0.3) is 0 Å². The van der Waals surface area contributed by atoms with E-state index in [2.05, 4.69) is 28.8 Å². The molecule has 1 aliphatic heterocycles. The smallest absolute Gasteiger partial charge is 0.0594 e. The molecule has 0 spiro atoms. The first-order valence-corrected chi connectivity index (χ1v) is 6.65. The Morgan fingerprint density at radius 2 is 2.06 bits per heavy atom. The largest absolute Gasteiger partial charge is 0.379 e. The number of halogens is 1. The van der Waals surface area contributed by atoms with Crippen molar-refractivity contribution in [2.75, 3.05) is 26.3 Å². The minimum absolute atomic E-state index is 0.793. The Morgan fingerprint density at radius 1 is 1.28 bits per heavy atom. The molecule has 3 rings (SSSR count). The van der Waals surface area contributed by atoms with Gasteiger partial charge in [0, 0.05) is 48.8 Å². The van der Waals surface area contributed by atoms with E-state index < -0.39 is 0 Å². The zero-order valence-electron chi connectivity index (χ0n) is 10.5. The lowest BCUT2D eigenvalue weighted by atomic mass is 10.1. The third-order valence-corrected chi connectivity index (χ3v) is 3.77. The average Bonchev–Trinajstić information content (AvgIpc) is 2.67. The van der Waals surface area contributed by atoms with Crippen LogP contribution in [-0.4, -0.2) is 35.8 Å². The topological polar surface area (TPSA) is 17.4 Å². The first-order chi connectivity index (χ1) is 8.74. The highest BCUT2D eigenvalue weighted by Crippen LogP contribution is 2.25. The van der Waals surface area contributed by atoms with E-state index in [0.717, 1.165) is 37.9 Å². The summed E-state index contributed by atoms with van der Waals surface area (Å²) in [7, 11) is 2.07. The fourth-order valence-electron chi connectivity index (χ4n) is 2.57. The molecule has 0 aliphatic carbocycles. The van der Waals surface area contributed by atoms with Gasteiger partial charge >= 0.3 is 0 Å². The van der Waals surface area contributed by atoms with Crippen molar-refractivity contribution in [1.29, 1.82) is 0 Å². The highest BCUT2D eigenvalue weighted by Gasteiger charge is 2.14. The Balaban J connectivity index is 1.91. The molecule has 0 amide bonds. The molecule has 0 unspecified atom stereocenters. The van der Waals surface area contributed by atoms with Gasteiger partial charge in [-0.05, 0) is 17.7 Å². The number of ether oxygens (including phenoxy) is 1. The van der Waals surface area contributed by atoms with Gasteiger partial charge < -0.3 is 9.30 Å². The van der Waals surface area contributed by atoms with E-state index in [1.165, 1.54) is 16.5 Å². The quantitative estimate of drug-likeness (QED) is 0.830. The van der Waals surface area contributed by atoms with Crippen LogP contribution in [0.2, 0.25) is 5.02 Å². The summed E-state index contributed by atoms with van der Waals surface area (Å²) < 4.78 is 7.53. The van der Waals surface area contributed by atoms with E-state index in [1.54, 1.807) is 0 Å². The molecule has 4 heteroatoms. The van der Waals surface area contributed by atoms with E-state index in [1.807, 2.05) is 12.1 Å². The summed E-state index contributed by atoms with van der Waals surface area (Å²) in [4.78, 5) is 2.44. The van der Waals surface area contributed by atoms with Gasteiger partial charge in [0.2, 0.25) is 0 Å². The van der Waals surface area contributed by atoms with Crippen LogP contribution in [0.15, 0.2) is 24.4 Å². The Morgan fingerprint density at radius 3 is 2.83 bits per heavy atom. The summed E-state index contributed by atoms with van der Waals surface area (Å²) in [5, 5.41) is 2.09. The molecular weight excluding hydrogens is 248 g/mol. The van der Waals surface area contributed by atoms with Crippen molar-refractivity contribution in [2.45, 2.75) is 6.54 Å². The molecular formula is C14H17ClN2O. The van der Waals surface area contributed by atoms with Crippen molar-refractivity contribution in [3.8, 4) is 0 Å². The first-order valence-electron chi connectivity index (χ1n) is 6.27. The Labute approximate surface area is 112 Å². The number of rotatable bonds is 2. The van der Waals surface area contributed by atoms with Gasteiger partial charge in [-0.2, -0.15) is 0 Å². The molecule has 1 fully saturated rings. The van der Waals surface area contributed by atoms with Gasteiger partial charge in [-0.3, -0.25) is 4.90 Å². The van der Waals surface area contributed by atoms with Crippen molar-refractivity contribution in [1.82, 2.24) is 9.47 Å². The molecule has 1 aliphatic rings. The van der Waals surface area contributed by atoms with Gasteiger partial charge in [-0.25, -0.2) is 0 Å². The Bertz CT molecular complexity index is 558. The molecule has 0 bridgehead atoms. The monoisotopic (exact) mass is 264 g/mol. The highest BCUT2D eigenvalue weighted by atomic mass is 35.5. The fraction of sp³-hybridized carbons (Fsp3) is 0.429. The van der Waals surface area contributed by atoms with Crippen molar-refractivity contribution in [3.63, 3.8) is 0 Å². The Hall–Kier alpha value is -1.03. The molecule has 3 nitrogen and oxygen atoms in total. The van der Waals surface area contributed by atoms with Crippen LogP contribution in [0.4, 0.5) is 0 Å². The molecule has 1 saturated heterocycles. The zero-order chi connectivity index (χ0) is 12.5. The molecule has 0 saturated carbocycles. The summed E-state index contributed by atoms with van der Waals surface area (Å²) >= 11 is 6.05. The van der Waals surface area contributed by atoms with E-state index in [0.29, 0.717) is 0 Å². The summed E-state index contributed by atoms with van der Waals surface area (Å²) in [6, 6.07) is 6.11. The molecule has 0 N–H and O–H groups in total. The van der Waals surface area contributed by atoms with Gasteiger partial charge in [0.05, 0.1) is 13.2 Å². The molecule has 1 aromatic carbocycles. The van der Waals surface area contributed by atoms with Crippen LogP contribution in [-0.2, 0) is 18.3 Å². The number of hydrogen-bond donors (Lipinski definition) is 0. The number of morpholine rings is 1. The molecule has 1 aromatic heterocycles. The van der Waals surface area contributed by atoms with E-state index in [4.69, 9.17) is 16.3 Å². The fourth-order valence-corrected chi connectivity index (χ4v) is 2.73. The second-order valence-corrected chi connectivity index (χ2v) is 5.25. The first kappa shape index (κ1) is 12.0. The number of aromatic nitrogens is 1. The second kappa shape index (κ2) is 4.92. The van der Waals surface area contributed by atoms with Crippen molar-refractivity contribution in [3.05, 3.63) is 35.0 Å². The predicted octanol–water partition coefficient (Wildman–Crippen LogP) is 2.66. The van der Waals surface area contributed by atoms with Gasteiger partial charge in [0.1, 0.15) is 0 Å². The molecule has 2 aromatic rings. The van der Waals surface area contributed by atoms with E-state index >= 15 is 0 Å². The van der Waals surface area contributed by atoms with Gasteiger partial charge in [-0.1, -0.05) is 17.7 Å². The maximum absolute atomic E-state index is 6.05. The maximum atomic E-state index is 6.05. The number of benzene rings is 1. The lowest BCUT2D eigenvalue weighted by Crippen LogP contribution is -2.35. The van der Waals surface area contributed by atoms with Crippen molar-refractivity contribution >= 4 is 22.5 Å². The molecule has 0 atom stereocenters. The SMILES string of the molecule is Cn1cc(CN2CCOCC2)c2ccc(Cl)cc21. The normalized spacial score (nSPS) is 17.4. The van der Waals surface area contributed by atoms with Crippen LogP contribution in [0.5, 0.6) is 0 Å². The van der Waals surface area contributed by atoms with Crippen LogP contribution in [0.25, 0.3) is 10.9 Å². The number of fused-ring (bicyclic) bond motifs is 1. The average molecular weight is 265 g/mol. The second-order valence-electron chi connectivity index (χ2n) is 4.82. The summed E-state index contributed by atoms with van der Waals surface area (Å²) in [5.74, 6) is 0. The molecule has 96 valence electrons. The van der Waals surface area contributed by atoms with E-state index in [9.17, 15) is 0 Å². The predicted molar refractivity (Wildman–Crippen MR) is 74.0 cm³/mol. The summed E-state index contributed by atoms with van der Waals surface area (Å²) in [6.45, 7) is 4.71. The molecule has 18 heavy (non-hydrogen) atoms. The molecule has 0 radical (unpaired) electrons. The van der Waals surface area contributed by atoms with Crippen LogP contribution < -0.4 is 0 Å². The lowest BCUT2D eigenvalue weighted by Gasteiger charge is -2.26. The minimum Gasteiger partial charge on any atom is -0.379 e. The third kappa shape index (κ3) is 2.26. The van der Waals surface area contributed by atoms with Crippen LogP contribution in [0.1, 0.15) is 5.56 Å². The maximum Gasteiger partial charge on any atom is 0.0594 e. The highest BCUT2D eigenvalue weighted by molar-refractivity contribution is 6.31. The van der Waals surface area contributed by atoms with Gasteiger partial charge in [-0.15, -0.1) is 0 Å². The summed E-state index contributed by atoms with van der Waals surface area (Å²) in [5.41, 5.74) is 2.57. The van der Waals surface area contributed by atoms with Gasteiger partial charge in [0.15, 0.2) is 0 Å². The lowest BCUT2D eigenvalue weighted by molar-refractivity contribution is 0.0343. The van der Waals surface area contributed by atoms with Crippen LogP contribution >= 0.6 is 11.6 Å². The number of hydrogen-bond acceptors (Lipinski definition) is 2. The third-order valence-electron chi connectivity index (χ3n) is 3.53. The summed E-state index contributed by atoms with van der Waals surface area (Å²) in [6.07, 6.45) is 2.20. The van der Waals surface area contributed by atoms with Crippen molar-refractivity contribution < 1.29 is 4.74 Å². The number of aryl methyl sites for hydroxylation is 1. The zero-order valence-corrected chi connectivity index (χ0v) is 11.3. The minimum atomic E-state index is 0.793. The van der Waals surface area contributed by atoms with Crippen molar-refractivity contribution in [2.24, 2.45) is 7.05 Å². The number of nitrogens with zero attached hydrogens (tertiary/aromatic N) is 2. The van der Waals surface area contributed by atoms with E-state index in [-0.39, 0.29) is 0 Å².